The van der Waals surface area contributed by atoms with Crippen LogP contribution in [0.25, 0.3) is 5.69 Å². The number of esters is 1. The van der Waals surface area contributed by atoms with Crippen LogP contribution in [-0.2, 0) is 4.74 Å². The first-order valence-corrected chi connectivity index (χ1v) is 8.68. The first kappa shape index (κ1) is 19.7. The number of ether oxygens (including phenoxy) is 1. The second-order valence-electron chi connectivity index (χ2n) is 6.86. The Balaban J connectivity index is 2.03. The number of nitro groups is 1. The summed E-state index contributed by atoms with van der Waals surface area (Å²) in [5.74, 6) is -1.45. The van der Waals surface area contributed by atoms with Crippen LogP contribution in [0.5, 0.6) is 0 Å². The van der Waals surface area contributed by atoms with Gasteiger partial charge >= 0.3 is 5.97 Å². The van der Waals surface area contributed by atoms with Gasteiger partial charge in [0.1, 0.15) is 11.4 Å². The van der Waals surface area contributed by atoms with Crippen molar-refractivity contribution in [3.63, 3.8) is 0 Å². The van der Waals surface area contributed by atoms with Crippen molar-refractivity contribution in [1.29, 1.82) is 0 Å². The molecule has 0 spiro atoms. The summed E-state index contributed by atoms with van der Waals surface area (Å²) in [6.45, 7) is 5.11. The fourth-order valence-electron chi connectivity index (χ4n) is 3.30. The maximum absolute atomic E-state index is 14.8. The zero-order valence-electron chi connectivity index (χ0n) is 16.0. The van der Waals surface area contributed by atoms with E-state index in [0.717, 1.165) is 23.0 Å². The van der Waals surface area contributed by atoms with Crippen molar-refractivity contribution in [3.8, 4) is 5.69 Å². The van der Waals surface area contributed by atoms with Crippen LogP contribution in [0.2, 0.25) is 0 Å². The van der Waals surface area contributed by atoms with E-state index >= 15 is 0 Å². The minimum atomic E-state index is -0.738. The quantitative estimate of drug-likeness (QED) is 0.439. The molecule has 0 bridgehead atoms. The third-order valence-corrected chi connectivity index (χ3v) is 5.08. The molecule has 2 aromatic rings. The Morgan fingerprint density at radius 2 is 1.93 bits per heavy atom. The molecule has 1 saturated heterocycles. The molecule has 0 unspecified atom stereocenters. The van der Waals surface area contributed by atoms with Crippen molar-refractivity contribution < 1.29 is 18.8 Å². The number of piperazine rings is 1. The number of likely N-dealkylation sites (N-methyl/N-ethyl adjacent to an activating group) is 1. The number of nitrogens with zero attached hydrogens (tertiary/aromatic N) is 6. The fraction of sp³-hybridized carbons (Fsp3) is 0.471. The molecule has 0 saturated carbocycles. The number of rotatable bonds is 4. The summed E-state index contributed by atoms with van der Waals surface area (Å²) < 4.78 is 20.4. The maximum Gasteiger partial charge on any atom is 0.360 e. The van der Waals surface area contributed by atoms with Gasteiger partial charge < -0.3 is 9.64 Å². The van der Waals surface area contributed by atoms with Gasteiger partial charge in [0, 0.05) is 37.3 Å². The Morgan fingerprint density at radius 1 is 1.29 bits per heavy atom. The highest BCUT2D eigenvalue weighted by atomic mass is 19.1. The van der Waals surface area contributed by atoms with E-state index in [1.54, 1.807) is 0 Å². The second-order valence-corrected chi connectivity index (χ2v) is 6.86. The van der Waals surface area contributed by atoms with Crippen molar-refractivity contribution in [1.82, 2.24) is 19.9 Å². The molecule has 11 heteroatoms. The van der Waals surface area contributed by atoms with E-state index < -0.39 is 16.7 Å². The van der Waals surface area contributed by atoms with Crippen LogP contribution < -0.4 is 4.90 Å². The highest BCUT2D eigenvalue weighted by molar-refractivity contribution is 5.86. The molecule has 1 aromatic carbocycles. The van der Waals surface area contributed by atoms with Gasteiger partial charge in [0.05, 0.1) is 18.2 Å². The average Bonchev–Trinajstić information content (AvgIpc) is 3.14. The number of hydrogen-bond donors (Lipinski definition) is 0. The lowest BCUT2D eigenvalue weighted by Crippen LogP contribution is -2.55. The topological polar surface area (TPSA) is 107 Å². The summed E-state index contributed by atoms with van der Waals surface area (Å²) in [6, 6.07) is 2.55. The summed E-state index contributed by atoms with van der Waals surface area (Å²) >= 11 is 0. The van der Waals surface area contributed by atoms with Crippen molar-refractivity contribution in [2.24, 2.45) is 0 Å². The first-order valence-electron chi connectivity index (χ1n) is 8.68. The summed E-state index contributed by atoms with van der Waals surface area (Å²) in [5.41, 5.74) is -0.328. The maximum atomic E-state index is 14.8. The van der Waals surface area contributed by atoms with Gasteiger partial charge in [-0.05, 0) is 20.9 Å². The van der Waals surface area contributed by atoms with E-state index in [2.05, 4.69) is 19.9 Å². The average molecular weight is 392 g/mol. The second kappa shape index (κ2) is 7.50. The number of benzene rings is 1. The summed E-state index contributed by atoms with van der Waals surface area (Å²) in [4.78, 5) is 26.6. The fourth-order valence-corrected chi connectivity index (χ4v) is 3.30. The van der Waals surface area contributed by atoms with E-state index in [0.29, 0.717) is 13.1 Å². The van der Waals surface area contributed by atoms with Crippen LogP contribution in [0.3, 0.4) is 0 Å². The third kappa shape index (κ3) is 3.52. The van der Waals surface area contributed by atoms with Gasteiger partial charge in [0.15, 0.2) is 11.5 Å². The van der Waals surface area contributed by atoms with Gasteiger partial charge in [0.25, 0.3) is 5.69 Å². The monoisotopic (exact) mass is 392 g/mol. The molecule has 0 N–H and O–H groups in total. The SMILES string of the molecule is COC(=O)c1cn(-c2cc([N+](=O)[O-])c(N3C[C@@H](C)N(C)[C@@H](C)C3)cc2F)nn1. The smallest absolute Gasteiger partial charge is 0.360 e. The van der Waals surface area contributed by atoms with Gasteiger partial charge in [-0.1, -0.05) is 5.21 Å². The van der Waals surface area contributed by atoms with E-state index in [9.17, 15) is 19.3 Å². The predicted octanol–water partition coefficient (Wildman–Crippen LogP) is 1.63. The molecule has 150 valence electrons. The van der Waals surface area contributed by atoms with Crippen molar-refractivity contribution in [3.05, 3.63) is 40.0 Å². The minimum Gasteiger partial charge on any atom is -0.464 e. The molecule has 1 fully saturated rings. The lowest BCUT2D eigenvalue weighted by molar-refractivity contribution is -0.384. The van der Waals surface area contributed by atoms with Crippen LogP contribution in [0.15, 0.2) is 18.3 Å². The Bertz CT molecular complexity index is 905. The number of carbonyl (C=O) groups is 1. The Morgan fingerprint density at radius 3 is 2.50 bits per heavy atom. The molecule has 28 heavy (non-hydrogen) atoms. The Kier molecular flexibility index (Phi) is 5.27. The molecule has 1 aliphatic heterocycles. The lowest BCUT2D eigenvalue weighted by atomic mass is 10.1. The van der Waals surface area contributed by atoms with Crippen molar-refractivity contribution >= 4 is 17.3 Å². The van der Waals surface area contributed by atoms with Crippen LogP contribution in [0.4, 0.5) is 15.8 Å². The molecule has 2 atom stereocenters. The highest BCUT2D eigenvalue weighted by Gasteiger charge is 2.31. The van der Waals surface area contributed by atoms with Gasteiger partial charge in [-0.25, -0.2) is 13.9 Å². The molecule has 2 heterocycles. The van der Waals surface area contributed by atoms with E-state index in [-0.39, 0.29) is 34.8 Å². The summed E-state index contributed by atoms with van der Waals surface area (Å²) in [6.07, 6.45) is 1.16. The lowest BCUT2D eigenvalue weighted by Gasteiger charge is -2.43. The standard InChI is InChI=1S/C17H21FN6O4/c1-10-7-22(8-11(2)21(10)3)15-5-12(18)14(6-16(15)24(26)27)23-9-13(19-20-23)17(25)28-4/h5-6,9-11H,7-8H2,1-4H3/t10-,11+. The predicted molar refractivity (Wildman–Crippen MR) is 98.2 cm³/mol. The normalized spacial score (nSPS) is 20.2. The highest BCUT2D eigenvalue weighted by Crippen LogP contribution is 2.34. The molecular weight excluding hydrogens is 371 g/mol. The van der Waals surface area contributed by atoms with E-state index in [4.69, 9.17) is 0 Å². The molecule has 3 rings (SSSR count). The first-order chi connectivity index (χ1) is 13.2. The molecule has 0 radical (unpaired) electrons. The van der Waals surface area contributed by atoms with Crippen molar-refractivity contribution in [2.75, 3.05) is 32.1 Å². The number of halogens is 1. The van der Waals surface area contributed by atoms with E-state index in [1.165, 1.54) is 7.11 Å². The van der Waals surface area contributed by atoms with Crippen LogP contribution in [0, 0.1) is 15.9 Å². The van der Waals surface area contributed by atoms with Gasteiger partial charge in [-0.15, -0.1) is 5.10 Å². The Hall–Kier alpha value is -3.08. The number of methoxy groups -OCH3 is 1. The number of carbonyl (C=O) groups excluding carboxylic acids is 1. The largest absolute Gasteiger partial charge is 0.464 e. The zero-order valence-corrected chi connectivity index (χ0v) is 16.0. The van der Waals surface area contributed by atoms with Gasteiger partial charge in [-0.2, -0.15) is 0 Å². The minimum absolute atomic E-state index is 0.129. The molecule has 0 aliphatic carbocycles. The third-order valence-electron chi connectivity index (χ3n) is 5.08. The number of hydrogen-bond acceptors (Lipinski definition) is 8. The van der Waals surface area contributed by atoms with Crippen LogP contribution in [0.1, 0.15) is 24.3 Å². The van der Waals surface area contributed by atoms with Gasteiger partial charge in [0.2, 0.25) is 0 Å². The molecule has 1 aliphatic rings. The number of anilines is 1. The molecule has 10 nitrogen and oxygen atoms in total. The van der Waals surface area contributed by atoms with Gasteiger partial charge in [-0.3, -0.25) is 15.0 Å². The van der Waals surface area contributed by atoms with Crippen LogP contribution in [-0.4, -0.2) is 70.1 Å². The molecular formula is C17H21FN6O4. The Labute approximate surface area is 160 Å². The van der Waals surface area contributed by atoms with Crippen LogP contribution >= 0.6 is 0 Å². The van der Waals surface area contributed by atoms with Crippen molar-refractivity contribution in [2.45, 2.75) is 25.9 Å². The molecule has 1 aromatic heterocycles. The molecule has 0 amide bonds. The van der Waals surface area contributed by atoms with E-state index in [1.807, 2.05) is 25.8 Å². The number of nitro benzene ring substituents is 1. The summed E-state index contributed by atoms with van der Waals surface area (Å²) in [5, 5.41) is 19.0. The summed E-state index contributed by atoms with van der Waals surface area (Å²) in [7, 11) is 3.17. The number of aromatic nitrogens is 3. The zero-order chi connectivity index (χ0) is 20.6.